The SMILES string of the molecule is Cc1ccncc1NCc1cccc(C(F)(F)F)c1. The third-order valence-corrected chi connectivity index (χ3v) is 2.78. The summed E-state index contributed by atoms with van der Waals surface area (Å²) in [5, 5.41) is 3.08. The first kappa shape index (κ1) is 13.4. The Labute approximate surface area is 109 Å². The molecular formula is C14H13F3N2. The molecule has 0 atom stereocenters. The number of anilines is 1. The van der Waals surface area contributed by atoms with Crippen molar-refractivity contribution in [1.82, 2.24) is 4.98 Å². The summed E-state index contributed by atoms with van der Waals surface area (Å²) in [6, 6.07) is 7.13. The van der Waals surface area contributed by atoms with Crippen LogP contribution in [0.2, 0.25) is 0 Å². The molecule has 1 aromatic carbocycles. The van der Waals surface area contributed by atoms with Crippen LogP contribution in [-0.2, 0) is 12.7 Å². The highest BCUT2D eigenvalue weighted by Crippen LogP contribution is 2.29. The Morgan fingerprint density at radius 1 is 1.21 bits per heavy atom. The smallest absolute Gasteiger partial charge is 0.380 e. The monoisotopic (exact) mass is 266 g/mol. The average molecular weight is 266 g/mol. The van der Waals surface area contributed by atoms with E-state index in [1.54, 1.807) is 18.5 Å². The summed E-state index contributed by atoms with van der Waals surface area (Å²) in [6.45, 7) is 2.24. The zero-order valence-electron chi connectivity index (χ0n) is 10.3. The topological polar surface area (TPSA) is 24.9 Å². The fourth-order valence-corrected chi connectivity index (χ4v) is 1.70. The number of nitrogens with zero attached hydrogens (tertiary/aromatic N) is 1. The Kier molecular flexibility index (Phi) is 3.74. The van der Waals surface area contributed by atoms with E-state index in [9.17, 15) is 13.2 Å². The fourth-order valence-electron chi connectivity index (χ4n) is 1.70. The third-order valence-electron chi connectivity index (χ3n) is 2.78. The predicted octanol–water partition coefficient (Wildman–Crippen LogP) is 4.02. The summed E-state index contributed by atoms with van der Waals surface area (Å²) in [7, 11) is 0. The van der Waals surface area contributed by atoms with Crippen LogP contribution >= 0.6 is 0 Å². The third kappa shape index (κ3) is 3.47. The molecule has 0 aliphatic heterocycles. The second kappa shape index (κ2) is 5.30. The van der Waals surface area contributed by atoms with Gasteiger partial charge < -0.3 is 5.32 Å². The highest BCUT2D eigenvalue weighted by molar-refractivity contribution is 5.48. The number of halogens is 3. The molecule has 2 rings (SSSR count). The van der Waals surface area contributed by atoms with Crippen LogP contribution < -0.4 is 5.32 Å². The lowest BCUT2D eigenvalue weighted by Crippen LogP contribution is -2.07. The zero-order chi connectivity index (χ0) is 13.9. The van der Waals surface area contributed by atoms with Crippen LogP contribution in [0, 0.1) is 6.92 Å². The van der Waals surface area contributed by atoms with Gasteiger partial charge in [0.25, 0.3) is 0 Å². The summed E-state index contributed by atoms with van der Waals surface area (Å²) >= 11 is 0. The van der Waals surface area contributed by atoms with E-state index in [4.69, 9.17) is 0 Å². The van der Waals surface area contributed by atoms with Crippen molar-refractivity contribution in [3.05, 3.63) is 59.4 Å². The Morgan fingerprint density at radius 3 is 2.68 bits per heavy atom. The first-order chi connectivity index (χ1) is 8.97. The van der Waals surface area contributed by atoms with Gasteiger partial charge in [-0.25, -0.2) is 0 Å². The van der Waals surface area contributed by atoms with Crippen LogP contribution in [-0.4, -0.2) is 4.98 Å². The van der Waals surface area contributed by atoms with E-state index in [1.807, 2.05) is 13.0 Å². The number of aromatic nitrogens is 1. The van der Waals surface area contributed by atoms with Crippen LogP contribution in [0.25, 0.3) is 0 Å². The molecular weight excluding hydrogens is 253 g/mol. The molecule has 19 heavy (non-hydrogen) atoms. The highest BCUT2D eigenvalue weighted by atomic mass is 19.4. The van der Waals surface area contributed by atoms with Crippen LogP contribution in [0.5, 0.6) is 0 Å². The molecule has 1 heterocycles. The van der Waals surface area contributed by atoms with Gasteiger partial charge in [0.05, 0.1) is 17.4 Å². The number of hydrogen-bond donors (Lipinski definition) is 1. The van der Waals surface area contributed by atoms with Gasteiger partial charge in [0.1, 0.15) is 0 Å². The molecule has 0 amide bonds. The summed E-state index contributed by atoms with van der Waals surface area (Å²) < 4.78 is 37.7. The minimum atomic E-state index is -4.31. The van der Waals surface area contributed by atoms with Crippen molar-refractivity contribution < 1.29 is 13.2 Å². The molecule has 100 valence electrons. The number of pyridine rings is 1. The summed E-state index contributed by atoms with van der Waals surface area (Å²) in [5.41, 5.74) is 1.77. The van der Waals surface area contributed by atoms with E-state index >= 15 is 0 Å². The number of hydrogen-bond acceptors (Lipinski definition) is 2. The maximum absolute atomic E-state index is 12.6. The molecule has 0 bridgehead atoms. The Bertz CT molecular complexity index is 565. The minimum Gasteiger partial charge on any atom is -0.380 e. The van der Waals surface area contributed by atoms with Gasteiger partial charge >= 0.3 is 6.18 Å². The predicted molar refractivity (Wildman–Crippen MR) is 67.7 cm³/mol. The molecule has 0 radical (unpaired) electrons. The van der Waals surface area contributed by atoms with E-state index in [0.29, 0.717) is 12.1 Å². The van der Waals surface area contributed by atoms with Crippen LogP contribution in [0.4, 0.5) is 18.9 Å². The molecule has 2 nitrogen and oxygen atoms in total. The van der Waals surface area contributed by atoms with Gasteiger partial charge in [-0.3, -0.25) is 4.98 Å². The molecule has 1 N–H and O–H groups in total. The van der Waals surface area contributed by atoms with Gasteiger partial charge in [0.2, 0.25) is 0 Å². The van der Waals surface area contributed by atoms with Crippen molar-refractivity contribution in [2.75, 3.05) is 5.32 Å². The minimum absolute atomic E-state index is 0.330. The van der Waals surface area contributed by atoms with Crippen molar-refractivity contribution in [2.24, 2.45) is 0 Å². The number of aryl methyl sites for hydroxylation is 1. The van der Waals surface area contributed by atoms with Gasteiger partial charge in [0, 0.05) is 12.7 Å². The summed E-state index contributed by atoms with van der Waals surface area (Å²) in [5.74, 6) is 0. The number of benzene rings is 1. The van der Waals surface area contributed by atoms with Crippen molar-refractivity contribution in [3.8, 4) is 0 Å². The van der Waals surface area contributed by atoms with Gasteiger partial charge in [-0.15, -0.1) is 0 Å². The molecule has 2 aromatic rings. The standard InChI is InChI=1S/C14H13F3N2/c1-10-5-6-18-9-13(10)19-8-11-3-2-4-12(7-11)14(15,16)17/h2-7,9,19H,8H2,1H3. The molecule has 0 saturated carbocycles. The van der Waals surface area contributed by atoms with Crippen molar-refractivity contribution in [3.63, 3.8) is 0 Å². The average Bonchev–Trinajstić information content (AvgIpc) is 2.37. The Hall–Kier alpha value is -2.04. The molecule has 1 aromatic heterocycles. The first-order valence-corrected chi connectivity index (χ1v) is 5.77. The van der Waals surface area contributed by atoms with E-state index < -0.39 is 11.7 Å². The maximum Gasteiger partial charge on any atom is 0.416 e. The molecule has 5 heteroatoms. The Morgan fingerprint density at radius 2 is 2.00 bits per heavy atom. The quantitative estimate of drug-likeness (QED) is 0.907. The maximum atomic E-state index is 12.6. The second-order valence-electron chi connectivity index (χ2n) is 4.24. The van der Waals surface area contributed by atoms with Crippen molar-refractivity contribution >= 4 is 5.69 Å². The van der Waals surface area contributed by atoms with E-state index in [0.717, 1.165) is 23.4 Å². The molecule has 0 fully saturated rings. The second-order valence-corrected chi connectivity index (χ2v) is 4.24. The molecule has 0 aliphatic carbocycles. The van der Waals surface area contributed by atoms with Gasteiger partial charge in [-0.05, 0) is 36.2 Å². The van der Waals surface area contributed by atoms with E-state index in [1.165, 1.54) is 6.07 Å². The van der Waals surface area contributed by atoms with Crippen LogP contribution in [0.3, 0.4) is 0 Å². The van der Waals surface area contributed by atoms with Crippen LogP contribution in [0.15, 0.2) is 42.7 Å². The lowest BCUT2D eigenvalue weighted by atomic mass is 10.1. The van der Waals surface area contributed by atoms with Crippen molar-refractivity contribution in [1.29, 1.82) is 0 Å². The summed E-state index contributed by atoms with van der Waals surface area (Å²) in [4.78, 5) is 3.97. The zero-order valence-corrected chi connectivity index (χ0v) is 10.3. The fraction of sp³-hybridized carbons (Fsp3) is 0.214. The molecule has 0 aliphatic rings. The largest absolute Gasteiger partial charge is 0.416 e. The van der Waals surface area contributed by atoms with Gasteiger partial charge in [-0.1, -0.05) is 12.1 Å². The van der Waals surface area contributed by atoms with Crippen molar-refractivity contribution in [2.45, 2.75) is 19.6 Å². The lowest BCUT2D eigenvalue weighted by molar-refractivity contribution is -0.137. The number of alkyl halides is 3. The molecule has 0 saturated heterocycles. The highest BCUT2D eigenvalue weighted by Gasteiger charge is 2.30. The lowest BCUT2D eigenvalue weighted by Gasteiger charge is -2.11. The Balaban J connectivity index is 2.10. The van der Waals surface area contributed by atoms with E-state index in [2.05, 4.69) is 10.3 Å². The van der Waals surface area contributed by atoms with Gasteiger partial charge in [0.15, 0.2) is 0 Å². The first-order valence-electron chi connectivity index (χ1n) is 5.77. The molecule has 0 spiro atoms. The number of rotatable bonds is 3. The summed E-state index contributed by atoms with van der Waals surface area (Å²) in [6.07, 6.45) is -0.978. The van der Waals surface area contributed by atoms with E-state index in [-0.39, 0.29) is 0 Å². The number of nitrogens with one attached hydrogen (secondary N) is 1. The van der Waals surface area contributed by atoms with Gasteiger partial charge in [-0.2, -0.15) is 13.2 Å². The normalized spacial score (nSPS) is 11.4. The molecule has 0 unspecified atom stereocenters. The van der Waals surface area contributed by atoms with Crippen LogP contribution in [0.1, 0.15) is 16.7 Å².